The van der Waals surface area contributed by atoms with E-state index in [9.17, 15) is 14.0 Å². The van der Waals surface area contributed by atoms with E-state index in [-0.39, 0.29) is 19.1 Å². The van der Waals surface area contributed by atoms with Crippen molar-refractivity contribution in [3.05, 3.63) is 66.2 Å². The van der Waals surface area contributed by atoms with Crippen LogP contribution in [-0.2, 0) is 6.54 Å². The summed E-state index contributed by atoms with van der Waals surface area (Å²) in [7, 11) is 0. The molecule has 7 rings (SSSR count). The zero-order chi connectivity index (χ0) is 26.9. The van der Waals surface area contributed by atoms with Crippen molar-refractivity contribution in [2.45, 2.75) is 31.7 Å². The maximum Gasteiger partial charge on any atom is 0.388 e. The van der Waals surface area contributed by atoms with Crippen LogP contribution in [0.4, 0.5) is 14.6 Å². The zero-order valence-electron chi connectivity index (χ0n) is 20.8. The fourth-order valence-corrected chi connectivity index (χ4v) is 5.38. The van der Waals surface area contributed by atoms with Crippen molar-refractivity contribution in [2.75, 3.05) is 31.2 Å². The van der Waals surface area contributed by atoms with E-state index in [4.69, 9.17) is 14.8 Å². The van der Waals surface area contributed by atoms with Crippen molar-refractivity contribution in [3.8, 4) is 28.8 Å². The van der Waals surface area contributed by atoms with Crippen molar-refractivity contribution in [1.29, 1.82) is 5.26 Å². The standard InChI is InChI=1S/C27H25F2N7O3/c28-27(29)39-25-4-1-17(10-32-25)13-35-20-7-21(35)15-34(14-20)24-3-2-18(11-31-24)23-8-22(38-6-5-37)16-36-26(23)19(9-30)12-33-36/h1-4,8,10-12,16,20-21,27,37H,5-7,13-15H2. The van der Waals surface area contributed by atoms with Crippen LogP contribution in [0.25, 0.3) is 16.6 Å². The van der Waals surface area contributed by atoms with Crippen LogP contribution in [0.1, 0.15) is 17.5 Å². The molecule has 0 radical (unpaired) electrons. The Hall–Kier alpha value is -4.34. The summed E-state index contributed by atoms with van der Waals surface area (Å²) in [6, 6.07) is 12.0. The number of aromatic nitrogens is 4. The van der Waals surface area contributed by atoms with E-state index in [1.165, 1.54) is 12.3 Å². The number of halogens is 2. The highest BCUT2D eigenvalue weighted by Gasteiger charge is 2.44. The molecule has 39 heavy (non-hydrogen) atoms. The van der Waals surface area contributed by atoms with Crippen LogP contribution in [-0.4, -0.2) is 74.6 Å². The molecular weight excluding hydrogens is 508 g/mol. The minimum absolute atomic E-state index is 0.0829. The van der Waals surface area contributed by atoms with Gasteiger partial charge in [-0.05, 0) is 30.2 Å². The van der Waals surface area contributed by atoms with Crippen molar-refractivity contribution < 1.29 is 23.4 Å². The van der Waals surface area contributed by atoms with E-state index >= 15 is 0 Å². The van der Waals surface area contributed by atoms with Gasteiger partial charge in [0.05, 0.1) is 30.1 Å². The number of rotatable bonds is 9. The van der Waals surface area contributed by atoms with E-state index in [1.807, 2.05) is 18.2 Å². The van der Waals surface area contributed by atoms with Gasteiger partial charge in [0.2, 0.25) is 5.88 Å². The smallest absolute Gasteiger partial charge is 0.388 e. The van der Waals surface area contributed by atoms with Gasteiger partial charge >= 0.3 is 6.61 Å². The fourth-order valence-electron chi connectivity index (χ4n) is 5.38. The number of aliphatic hydroxyl groups is 1. The van der Waals surface area contributed by atoms with Crippen LogP contribution < -0.4 is 14.4 Å². The summed E-state index contributed by atoms with van der Waals surface area (Å²) in [6.45, 7) is -0.477. The van der Waals surface area contributed by atoms with E-state index in [0.717, 1.165) is 42.0 Å². The molecule has 3 saturated heterocycles. The number of fused-ring (bicyclic) bond motifs is 3. The second-order valence-electron chi connectivity index (χ2n) is 9.53. The minimum atomic E-state index is -2.88. The largest absolute Gasteiger partial charge is 0.490 e. The van der Waals surface area contributed by atoms with Gasteiger partial charge in [0.1, 0.15) is 24.2 Å². The summed E-state index contributed by atoms with van der Waals surface area (Å²) in [5.41, 5.74) is 3.66. The number of nitriles is 1. The summed E-state index contributed by atoms with van der Waals surface area (Å²) in [5, 5.41) is 23.0. The SMILES string of the molecule is N#Cc1cnn2cc(OCCO)cc(-c3ccc(N4CC5CC(C4)N5Cc4ccc(OC(F)F)nc4)nc3)c12. The number of piperazine rings is 1. The molecule has 4 aromatic rings. The van der Waals surface area contributed by atoms with Gasteiger partial charge in [0, 0.05) is 61.3 Å². The van der Waals surface area contributed by atoms with Crippen LogP contribution in [0.15, 0.2) is 55.1 Å². The third-order valence-electron chi connectivity index (χ3n) is 7.17. The number of ether oxygens (including phenoxy) is 2. The molecule has 2 atom stereocenters. The van der Waals surface area contributed by atoms with Crippen LogP contribution in [0.2, 0.25) is 0 Å². The molecule has 2 bridgehead atoms. The number of hydrogen-bond donors (Lipinski definition) is 1. The normalized spacial score (nSPS) is 18.7. The Balaban J connectivity index is 1.15. The molecule has 1 N–H and O–H groups in total. The molecule has 0 saturated carbocycles. The topological polar surface area (TPSA) is 112 Å². The highest BCUT2D eigenvalue weighted by atomic mass is 19.3. The van der Waals surface area contributed by atoms with Gasteiger partial charge in [-0.2, -0.15) is 19.1 Å². The van der Waals surface area contributed by atoms with Crippen molar-refractivity contribution in [1.82, 2.24) is 24.5 Å². The van der Waals surface area contributed by atoms with Crippen LogP contribution in [0, 0.1) is 11.3 Å². The maximum absolute atomic E-state index is 12.4. The van der Waals surface area contributed by atoms with Gasteiger partial charge in [0.25, 0.3) is 0 Å². The molecule has 4 aromatic heterocycles. The Morgan fingerprint density at radius 2 is 1.95 bits per heavy atom. The predicted octanol–water partition coefficient (Wildman–Crippen LogP) is 3.10. The highest BCUT2D eigenvalue weighted by molar-refractivity contribution is 5.85. The summed E-state index contributed by atoms with van der Waals surface area (Å²) in [6.07, 6.45) is 7.68. The third kappa shape index (κ3) is 4.94. The Morgan fingerprint density at radius 1 is 1.10 bits per heavy atom. The number of hydrogen-bond acceptors (Lipinski definition) is 9. The van der Waals surface area contributed by atoms with Gasteiger partial charge in [-0.3, -0.25) is 4.90 Å². The minimum Gasteiger partial charge on any atom is -0.490 e. The molecule has 0 aliphatic carbocycles. The maximum atomic E-state index is 12.4. The Bertz CT molecular complexity index is 1490. The summed E-state index contributed by atoms with van der Waals surface area (Å²) >= 11 is 0. The van der Waals surface area contributed by atoms with E-state index in [2.05, 4.69) is 30.7 Å². The molecular formula is C27H25F2N7O3. The summed E-state index contributed by atoms with van der Waals surface area (Å²) in [5.74, 6) is 1.33. The molecule has 2 unspecified atom stereocenters. The third-order valence-corrected chi connectivity index (χ3v) is 7.17. The molecule has 3 aliphatic heterocycles. The first-order chi connectivity index (χ1) is 19.0. The average Bonchev–Trinajstić information content (AvgIpc) is 3.38. The monoisotopic (exact) mass is 533 g/mol. The lowest BCUT2D eigenvalue weighted by molar-refractivity contribution is -0.0529. The number of pyridine rings is 3. The van der Waals surface area contributed by atoms with Crippen molar-refractivity contribution in [2.24, 2.45) is 0 Å². The van der Waals surface area contributed by atoms with E-state index in [0.29, 0.717) is 35.5 Å². The first kappa shape index (κ1) is 25.0. The number of aliphatic hydroxyl groups excluding tert-OH is 1. The second-order valence-corrected chi connectivity index (χ2v) is 9.53. The van der Waals surface area contributed by atoms with Gasteiger partial charge in [-0.1, -0.05) is 6.07 Å². The number of piperidine rings is 1. The molecule has 0 aromatic carbocycles. The molecule has 3 fully saturated rings. The lowest BCUT2D eigenvalue weighted by Gasteiger charge is -2.56. The van der Waals surface area contributed by atoms with Crippen LogP contribution >= 0.6 is 0 Å². The summed E-state index contributed by atoms with van der Waals surface area (Å²) < 4.78 is 36.3. The zero-order valence-corrected chi connectivity index (χ0v) is 20.8. The van der Waals surface area contributed by atoms with Crippen molar-refractivity contribution in [3.63, 3.8) is 0 Å². The molecule has 12 heteroatoms. The second kappa shape index (κ2) is 10.4. The van der Waals surface area contributed by atoms with Crippen LogP contribution in [0.3, 0.4) is 0 Å². The quantitative estimate of drug-likeness (QED) is 0.347. The highest BCUT2D eigenvalue weighted by Crippen LogP contribution is 2.36. The van der Waals surface area contributed by atoms with E-state index < -0.39 is 6.61 Å². The van der Waals surface area contributed by atoms with Gasteiger partial charge in [-0.15, -0.1) is 0 Å². The Kier molecular flexibility index (Phi) is 6.68. The lowest BCUT2D eigenvalue weighted by atomic mass is 9.87. The number of alkyl halides is 2. The van der Waals surface area contributed by atoms with E-state index in [1.54, 1.807) is 29.2 Å². The molecule has 7 heterocycles. The molecule has 0 amide bonds. The Labute approximate surface area is 222 Å². The number of nitrogens with zero attached hydrogens (tertiary/aromatic N) is 7. The Morgan fingerprint density at radius 3 is 2.62 bits per heavy atom. The first-order valence-electron chi connectivity index (χ1n) is 12.5. The summed E-state index contributed by atoms with van der Waals surface area (Å²) in [4.78, 5) is 13.4. The lowest BCUT2D eigenvalue weighted by Crippen LogP contribution is -2.68. The first-order valence-corrected chi connectivity index (χ1v) is 12.5. The van der Waals surface area contributed by atoms with Crippen molar-refractivity contribution >= 4 is 11.3 Å². The molecule has 10 nitrogen and oxygen atoms in total. The number of anilines is 1. The average molecular weight is 534 g/mol. The van der Waals surface area contributed by atoms with Gasteiger partial charge < -0.3 is 19.5 Å². The van der Waals surface area contributed by atoms with Crippen LogP contribution in [0.5, 0.6) is 11.6 Å². The molecule has 200 valence electrons. The predicted molar refractivity (Wildman–Crippen MR) is 137 cm³/mol. The molecule has 0 spiro atoms. The van der Waals surface area contributed by atoms with Gasteiger partial charge in [-0.25, -0.2) is 14.5 Å². The van der Waals surface area contributed by atoms with Gasteiger partial charge in [0.15, 0.2) is 0 Å². The fraction of sp³-hybridized carbons (Fsp3) is 0.333. The molecule has 3 aliphatic rings.